The van der Waals surface area contributed by atoms with Crippen LogP contribution in [0.15, 0.2) is 12.1 Å². The summed E-state index contributed by atoms with van der Waals surface area (Å²) < 4.78 is 0. The number of nitrogens with one attached hydrogen (secondary N) is 1. The van der Waals surface area contributed by atoms with Crippen molar-refractivity contribution < 1.29 is 4.90 Å². The largest absolute Gasteiger partial charge is 0.332 e. The van der Waals surface area contributed by atoms with Crippen LogP contribution in [0.1, 0.15) is 19.4 Å². The highest BCUT2D eigenvalue weighted by molar-refractivity contribution is 6.32. The molecule has 0 bridgehead atoms. The zero-order chi connectivity index (χ0) is 10.6. The average molecular weight is 234 g/mol. The molecule has 0 unspecified atom stereocenters. The quantitative estimate of drug-likeness (QED) is 0.786. The Morgan fingerprint density at radius 1 is 1.14 bits per heavy atom. The van der Waals surface area contributed by atoms with Gasteiger partial charge in [0.25, 0.3) is 0 Å². The fourth-order valence-corrected chi connectivity index (χ4v) is 1.91. The summed E-state index contributed by atoms with van der Waals surface area (Å²) in [5.74, 6) is 0. The van der Waals surface area contributed by atoms with Crippen molar-refractivity contribution >= 4 is 23.2 Å². The lowest BCUT2D eigenvalue weighted by atomic mass is 10.2. The molecule has 0 aliphatic rings. The minimum atomic E-state index is 0.471. The number of nitrogens with zero attached hydrogens (tertiary/aromatic N) is 1. The van der Waals surface area contributed by atoms with Gasteiger partial charge in [0.1, 0.15) is 16.9 Å². The lowest BCUT2D eigenvalue weighted by Crippen LogP contribution is -3.10. The molecule has 0 fully saturated rings. The zero-order valence-corrected chi connectivity index (χ0v) is 9.99. The number of aromatic nitrogens is 1. The Hall–Kier alpha value is -0.310. The first-order valence-electron chi connectivity index (χ1n) is 4.81. The lowest BCUT2D eigenvalue weighted by Gasteiger charge is -2.15. The highest BCUT2D eigenvalue weighted by atomic mass is 35.5. The second-order valence-corrected chi connectivity index (χ2v) is 4.03. The summed E-state index contributed by atoms with van der Waals surface area (Å²) in [6.07, 6.45) is 0. The van der Waals surface area contributed by atoms with E-state index in [-0.39, 0.29) is 0 Å². The van der Waals surface area contributed by atoms with Gasteiger partial charge in [0.15, 0.2) is 0 Å². The number of rotatable bonds is 4. The first kappa shape index (κ1) is 11.8. The molecule has 0 atom stereocenters. The number of halogens is 2. The van der Waals surface area contributed by atoms with E-state index in [1.54, 1.807) is 0 Å². The van der Waals surface area contributed by atoms with Gasteiger partial charge in [-0.25, -0.2) is 4.98 Å². The molecule has 1 rings (SSSR count). The van der Waals surface area contributed by atoms with Crippen LogP contribution in [0, 0.1) is 0 Å². The van der Waals surface area contributed by atoms with Crippen molar-refractivity contribution in [3.63, 3.8) is 0 Å². The van der Waals surface area contributed by atoms with Crippen molar-refractivity contribution in [1.29, 1.82) is 0 Å². The number of hydrogen-bond acceptors (Lipinski definition) is 1. The molecular weight excluding hydrogens is 219 g/mol. The summed E-state index contributed by atoms with van der Waals surface area (Å²) in [7, 11) is 0. The van der Waals surface area contributed by atoms with E-state index in [1.807, 2.05) is 12.1 Å². The Bertz CT molecular complexity index is 278. The van der Waals surface area contributed by atoms with Crippen molar-refractivity contribution in [2.45, 2.75) is 20.4 Å². The van der Waals surface area contributed by atoms with E-state index in [9.17, 15) is 0 Å². The second kappa shape index (κ2) is 5.54. The van der Waals surface area contributed by atoms with Gasteiger partial charge >= 0.3 is 0 Å². The van der Waals surface area contributed by atoms with E-state index >= 15 is 0 Å². The monoisotopic (exact) mass is 233 g/mol. The maximum Gasteiger partial charge on any atom is 0.131 e. The number of quaternary nitrogens is 1. The summed E-state index contributed by atoms with van der Waals surface area (Å²) in [4.78, 5) is 5.42. The molecule has 1 heterocycles. The molecule has 4 heteroatoms. The third-order valence-corrected chi connectivity index (χ3v) is 2.66. The number of pyridine rings is 1. The van der Waals surface area contributed by atoms with Gasteiger partial charge in [0.2, 0.25) is 0 Å². The molecule has 0 aromatic carbocycles. The molecule has 2 nitrogen and oxygen atoms in total. The molecule has 0 saturated heterocycles. The molecule has 1 N–H and O–H groups in total. The Labute approximate surface area is 94.8 Å². The predicted molar refractivity (Wildman–Crippen MR) is 60.0 cm³/mol. The maximum absolute atomic E-state index is 5.82. The van der Waals surface area contributed by atoms with Crippen LogP contribution in [0.2, 0.25) is 10.3 Å². The standard InChI is InChI=1S/C10H14Cl2N2/c1-3-14(4-2)7-8-5-9(11)13-10(12)6-8/h5-6H,3-4,7H2,1-2H3/p+1. The molecule has 0 radical (unpaired) electrons. The summed E-state index contributed by atoms with van der Waals surface area (Å²) in [6, 6.07) is 3.75. The molecule has 14 heavy (non-hydrogen) atoms. The van der Waals surface area contributed by atoms with Gasteiger partial charge in [0, 0.05) is 5.56 Å². The molecule has 0 aliphatic heterocycles. The molecule has 0 spiro atoms. The van der Waals surface area contributed by atoms with Crippen LogP contribution in [0.3, 0.4) is 0 Å². The van der Waals surface area contributed by atoms with Crippen LogP contribution < -0.4 is 4.90 Å². The Morgan fingerprint density at radius 2 is 1.64 bits per heavy atom. The summed E-state index contributed by atoms with van der Waals surface area (Å²) >= 11 is 11.6. The van der Waals surface area contributed by atoms with Gasteiger partial charge < -0.3 is 4.90 Å². The van der Waals surface area contributed by atoms with E-state index in [2.05, 4.69) is 18.8 Å². The lowest BCUT2D eigenvalue weighted by molar-refractivity contribution is -0.910. The van der Waals surface area contributed by atoms with Crippen LogP contribution in [0.4, 0.5) is 0 Å². The van der Waals surface area contributed by atoms with Crippen molar-refractivity contribution in [3.05, 3.63) is 28.0 Å². The average Bonchev–Trinajstić information content (AvgIpc) is 2.12. The van der Waals surface area contributed by atoms with Crippen LogP contribution in [-0.2, 0) is 6.54 Å². The van der Waals surface area contributed by atoms with Crippen molar-refractivity contribution in [2.24, 2.45) is 0 Å². The predicted octanol–water partition coefficient (Wildman–Crippen LogP) is 1.81. The fraction of sp³-hybridized carbons (Fsp3) is 0.500. The molecular formula is C10H15Cl2N2+. The topological polar surface area (TPSA) is 17.3 Å². The highest BCUT2D eigenvalue weighted by Gasteiger charge is 2.06. The van der Waals surface area contributed by atoms with Crippen LogP contribution in [0.25, 0.3) is 0 Å². The van der Waals surface area contributed by atoms with Gasteiger partial charge in [-0.3, -0.25) is 0 Å². The number of hydrogen-bond donors (Lipinski definition) is 1. The third kappa shape index (κ3) is 3.45. The SMILES string of the molecule is CC[NH+](CC)Cc1cc(Cl)nc(Cl)c1. The summed E-state index contributed by atoms with van der Waals surface area (Å²) in [6.45, 7) is 7.50. The molecule has 78 valence electrons. The van der Waals surface area contributed by atoms with Gasteiger partial charge in [-0.05, 0) is 26.0 Å². The van der Waals surface area contributed by atoms with Gasteiger partial charge in [-0.15, -0.1) is 0 Å². The van der Waals surface area contributed by atoms with Gasteiger partial charge in [0.05, 0.1) is 13.1 Å². The molecule has 0 amide bonds. The highest BCUT2D eigenvalue weighted by Crippen LogP contribution is 2.13. The van der Waals surface area contributed by atoms with E-state index in [1.165, 1.54) is 4.90 Å². The van der Waals surface area contributed by atoms with Crippen molar-refractivity contribution in [1.82, 2.24) is 4.98 Å². The maximum atomic E-state index is 5.82. The van der Waals surface area contributed by atoms with E-state index in [0.29, 0.717) is 10.3 Å². The molecule has 1 aromatic rings. The normalized spacial score (nSPS) is 10.9. The van der Waals surface area contributed by atoms with E-state index < -0.39 is 0 Å². The molecule has 0 aliphatic carbocycles. The second-order valence-electron chi connectivity index (χ2n) is 3.25. The first-order chi connectivity index (χ1) is 6.65. The Morgan fingerprint density at radius 3 is 2.07 bits per heavy atom. The minimum Gasteiger partial charge on any atom is -0.332 e. The summed E-state index contributed by atoms with van der Waals surface area (Å²) in [5.41, 5.74) is 1.15. The minimum absolute atomic E-state index is 0.471. The van der Waals surface area contributed by atoms with Gasteiger partial charge in [-0.2, -0.15) is 0 Å². The Kier molecular flexibility index (Phi) is 4.66. The molecule has 1 aromatic heterocycles. The Balaban J connectivity index is 2.75. The summed E-state index contributed by atoms with van der Waals surface area (Å²) in [5, 5.41) is 0.943. The molecule has 0 saturated carbocycles. The fourth-order valence-electron chi connectivity index (χ4n) is 1.40. The van der Waals surface area contributed by atoms with Gasteiger partial charge in [-0.1, -0.05) is 23.2 Å². The van der Waals surface area contributed by atoms with E-state index in [4.69, 9.17) is 23.2 Å². The van der Waals surface area contributed by atoms with Crippen molar-refractivity contribution in [2.75, 3.05) is 13.1 Å². The van der Waals surface area contributed by atoms with Crippen molar-refractivity contribution in [3.8, 4) is 0 Å². The zero-order valence-electron chi connectivity index (χ0n) is 8.48. The van der Waals surface area contributed by atoms with Crippen LogP contribution in [0.5, 0.6) is 0 Å². The van der Waals surface area contributed by atoms with Crippen LogP contribution >= 0.6 is 23.2 Å². The van der Waals surface area contributed by atoms with E-state index in [0.717, 1.165) is 25.2 Å². The third-order valence-electron chi connectivity index (χ3n) is 2.28. The van der Waals surface area contributed by atoms with Crippen LogP contribution in [-0.4, -0.2) is 18.1 Å². The first-order valence-corrected chi connectivity index (χ1v) is 5.56. The smallest absolute Gasteiger partial charge is 0.131 e.